The summed E-state index contributed by atoms with van der Waals surface area (Å²) in [4.78, 5) is 31.0. The first kappa shape index (κ1) is 24.6. The van der Waals surface area contributed by atoms with Gasteiger partial charge in [-0.05, 0) is 30.7 Å². The van der Waals surface area contributed by atoms with E-state index >= 15 is 0 Å². The van der Waals surface area contributed by atoms with Crippen molar-refractivity contribution in [1.82, 2.24) is 9.88 Å². The molecule has 1 aliphatic heterocycles. The largest absolute Gasteiger partial charge is 0.496 e. The van der Waals surface area contributed by atoms with E-state index < -0.39 is 9.84 Å². The van der Waals surface area contributed by atoms with Crippen molar-refractivity contribution in [2.45, 2.75) is 29.9 Å². The van der Waals surface area contributed by atoms with Crippen LogP contribution in [0.4, 0.5) is 0 Å². The molecule has 0 saturated carbocycles. The third-order valence-corrected chi connectivity index (χ3v) is 7.89. The summed E-state index contributed by atoms with van der Waals surface area (Å²) < 4.78 is 31.9. The van der Waals surface area contributed by atoms with Crippen molar-refractivity contribution in [3.63, 3.8) is 0 Å². The number of aromatic nitrogens is 1. The number of para-hydroxylation sites is 1. The number of benzene rings is 2. The van der Waals surface area contributed by atoms with Gasteiger partial charge >= 0.3 is 0 Å². The van der Waals surface area contributed by atoms with Crippen LogP contribution in [0.3, 0.4) is 0 Å². The molecule has 2 heterocycles. The molecule has 0 spiro atoms. The molecular weight excluding hydrogens is 464 g/mol. The molecular formula is C27H28N2O5S. The van der Waals surface area contributed by atoms with Crippen LogP contribution in [-0.2, 0) is 20.4 Å². The summed E-state index contributed by atoms with van der Waals surface area (Å²) in [5, 5.41) is 0.747. The SMILES string of the molecule is C=CCCC(=O)CC1CN(C(=O)c2ccc(CS(=O)(=O)c3cccc4cccnc34)c(OC)c2)C1. The van der Waals surface area contributed by atoms with E-state index in [1.807, 2.05) is 12.1 Å². The smallest absolute Gasteiger partial charge is 0.254 e. The summed E-state index contributed by atoms with van der Waals surface area (Å²) in [6.45, 7) is 4.70. The van der Waals surface area contributed by atoms with Gasteiger partial charge in [0.05, 0.1) is 23.3 Å². The molecule has 1 aliphatic rings. The minimum absolute atomic E-state index is 0.159. The predicted molar refractivity (Wildman–Crippen MR) is 134 cm³/mol. The number of hydrogen-bond acceptors (Lipinski definition) is 6. The summed E-state index contributed by atoms with van der Waals surface area (Å²) in [5.74, 6) is 0.265. The van der Waals surface area contributed by atoms with Gasteiger partial charge in [-0.15, -0.1) is 6.58 Å². The molecule has 0 bridgehead atoms. The minimum atomic E-state index is -3.72. The molecule has 0 atom stereocenters. The van der Waals surface area contributed by atoms with Gasteiger partial charge < -0.3 is 9.64 Å². The molecule has 8 heteroatoms. The van der Waals surface area contributed by atoms with E-state index in [9.17, 15) is 18.0 Å². The summed E-state index contributed by atoms with van der Waals surface area (Å²) in [5.41, 5.74) is 1.31. The highest BCUT2D eigenvalue weighted by Crippen LogP contribution is 2.30. The Hall–Kier alpha value is -3.52. The predicted octanol–water partition coefficient (Wildman–Crippen LogP) is 4.21. The lowest BCUT2D eigenvalue weighted by Crippen LogP contribution is -2.50. The number of Topliss-reactive ketones (excluding diaryl/α,β-unsaturated/α-hetero) is 1. The topological polar surface area (TPSA) is 93.6 Å². The molecule has 2 aromatic carbocycles. The number of amides is 1. The molecule has 1 saturated heterocycles. The third-order valence-electron chi connectivity index (χ3n) is 6.20. The first-order chi connectivity index (χ1) is 16.8. The second-order valence-electron chi connectivity index (χ2n) is 8.76. The van der Waals surface area contributed by atoms with Crippen LogP contribution in [0, 0.1) is 5.92 Å². The maximum absolute atomic E-state index is 13.3. The number of carbonyl (C=O) groups is 2. The van der Waals surface area contributed by atoms with E-state index in [0.717, 1.165) is 5.39 Å². The number of ketones is 1. The highest BCUT2D eigenvalue weighted by Gasteiger charge is 2.32. The van der Waals surface area contributed by atoms with Gasteiger partial charge in [0.15, 0.2) is 9.84 Å². The van der Waals surface area contributed by atoms with Crippen LogP contribution in [-0.4, -0.2) is 50.2 Å². The number of sulfone groups is 1. The van der Waals surface area contributed by atoms with Gasteiger partial charge in [0.1, 0.15) is 11.5 Å². The van der Waals surface area contributed by atoms with E-state index in [4.69, 9.17) is 4.74 Å². The maximum atomic E-state index is 13.3. The molecule has 0 aliphatic carbocycles. The van der Waals surface area contributed by atoms with Crippen LogP contribution >= 0.6 is 0 Å². The zero-order valence-corrected chi connectivity index (χ0v) is 20.5. The molecule has 182 valence electrons. The summed E-state index contributed by atoms with van der Waals surface area (Å²) in [6, 6.07) is 13.5. The summed E-state index contributed by atoms with van der Waals surface area (Å²) in [6.07, 6.45) is 4.94. The van der Waals surface area contributed by atoms with Crippen LogP contribution in [0.5, 0.6) is 5.75 Å². The number of allylic oxidation sites excluding steroid dienone is 1. The fourth-order valence-electron chi connectivity index (χ4n) is 4.34. The number of pyridine rings is 1. The molecule has 4 rings (SSSR count). The van der Waals surface area contributed by atoms with Crippen molar-refractivity contribution >= 4 is 32.4 Å². The number of rotatable bonds is 10. The third kappa shape index (κ3) is 5.43. The van der Waals surface area contributed by atoms with Gasteiger partial charge in [-0.25, -0.2) is 8.42 Å². The van der Waals surface area contributed by atoms with Gasteiger partial charge in [0, 0.05) is 54.6 Å². The quantitative estimate of drug-likeness (QED) is 0.394. The number of ether oxygens (including phenoxy) is 1. The fourth-order valence-corrected chi connectivity index (χ4v) is 5.90. The van der Waals surface area contributed by atoms with Crippen LogP contribution in [0.1, 0.15) is 35.2 Å². The van der Waals surface area contributed by atoms with Crippen LogP contribution in [0.15, 0.2) is 72.3 Å². The van der Waals surface area contributed by atoms with E-state index in [1.165, 1.54) is 7.11 Å². The van der Waals surface area contributed by atoms with Gasteiger partial charge in [-0.3, -0.25) is 14.6 Å². The average Bonchev–Trinajstić information content (AvgIpc) is 2.84. The molecule has 35 heavy (non-hydrogen) atoms. The number of nitrogens with zero attached hydrogens (tertiary/aromatic N) is 2. The highest BCUT2D eigenvalue weighted by molar-refractivity contribution is 7.90. The number of fused-ring (bicyclic) bond motifs is 1. The molecule has 1 aromatic heterocycles. The van der Waals surface area contributed by atoms with Crippen LogP contribution in [0.25, 0.3) is 10.9 Å². The van der Waals surface area contributed by atoms with Crippen molar-refractivity contribution in [3.8, 4) is 5.75 Å². The Labute approximate surface area is 205 Å². The minimum Gasteiger partial charge on any atom is -0.496 e. The van der Waals surface area contributed by atoms with Crippen LogP contribution in [0.2, 0.25) is 0 Å². The molecule has 0 unspecified atom stereocenters. The second kappa shape index (κ2) is 10.4. The standard InChI is InChI=1S/C27H28N2O5S/c1-3-4-9-23(30)14-19-16-29(17-19)27(31)21-11-12-22(24(15-21)34-2)18-35(32,33)25-10-5-7-20-8-6-13-28-26(20)25/h3,5-8,10-13,15,19H,1,4,9,14,16-18H2,2H3. The van der Waals surface area contributed by atoms with E-state index in [0.29, 0.717) is 54.7 Å². The molecule has 1 amide bonds. The maximum Gasteiger partial charge on any atom is 0.254 e. The van der Waals surface area contributed by atoms with Gasteiger partial charge in [-0.1, -0.05) is 30.3 Å². The summed E-state index contributed by atoms with van der Waals surface area (Å²) in [7, 11) is -2.26. The first-order valence-corrected chi connectivity index (χ1v) is 13.1. The van der Waals surface area contributed by atoms with Crippen LogP contribution < -0.4 is 4.74 Å². The van der Waals surface area contributed by atoms with Crippen molar-refractivity contribution in [1.29, 1.82) is 0 Å². The Balaban J connectivity index is 1.47. The number of hydrogen-bond donors (Lipinski definition) is 0. The van der Waals surface area contributed by atoms with Gasteiger partial charge in [-0.2, -0.15) is 0 Å². The number of likely N-dealkylation sites (tertiary alicyclic amines) is 1. The Morgan fingerprint density at radius 1 is 1.17 bits per heavy atom. The number of methoxy groups -OCH3 is 1. The molecule has 0 radical (unpaired) electrons. The average molecular weight is 493 g/mol. The van der Waals surface area contributed by atoms with E-state index in [1.54, 1.807) is 53.6 Å². The normalized spacial score (nSPS) is 13.9. The second-order valence-corrected chi connectivity index (χ2v) is 10.7. The Kier molecular flexibility index (Phi) is 7.31. The van der Waals surface area contributed by atoms with Gasteiger partial charge in [0.25, 0.3) is 5.91 Å². The number of carbonyl (C=O) groups excluding carboxylic acids is 2. The lowest BCUT2D eigenvalue weighted by Gasteiger charge is -2.39. The monoisotopic (exact) mass is 492 g/mol. The van der Waals surface area contributed by atoms with Crippen molar-refractivity contribution in [2.24, 2.45) is 5.92 Å². The molecule has 1 fully saturated rings. The summed E-state index contributed by atoms with van der Waals surface area (Å²) >= 11 is 0. The zero-order valence-electron chi connectivity index (χ0n) is 19.6. The molecule has 7 nitrogen and oxygen atoms in total. The van der Waals surface area contributed by atoms with Crippen molar-refractivity contribution in [2.75, 3.05) is 20.2 Å². The fraction of sp³-hybridized carbons (Fsp3) is 0.296. The lowest BCUT2D eigenvalue weighted by atomic mass is 9.92. The highest BCUT2D eigenvalue weighted by atomic mass is 32.2. The molecule has 0 N–H and O–H groups in total. The Bertz CT molecular complexity index is 1370. The zero-order chi connectivity index (χ0) is 25.0. The van der Waals surface area contributed by atoms with Gasteiger partial charge in [0.2, 0.25) is 0 Å². The first-order valence-electron chi connectivity index (χ1n) is 11.5. The van der Waals surface area contributed by atoms with E-state index in [-0.39, 0.29) is 28.3 Å². The van der Waals surface area contributed by atoms with Crippen molar-refractivity contribution in [3.05, 3.63) is 78.5 Å². The Morgan fingerprint density at radius 2 is 1.94 bits per heavy atom. The lowest BCUT2D eigenvalue weighted by molar-refractivity contribution is -0.121. The molecule has 3 aromatic rings. The van der Waals surface area contributed by atoms with E-state index in [2.05, 4.69) is 11.6 Å². The Morgan fingerprint density at radius 3 is 2.69 bits per heavy atom. The van der Waals surface area contributed by atoms with Crippen molar-refractivity contribution < 1.29 is 22.7 Å².